The lowest BCUT2D eigenvalue weighted by Gasteiger charge is -2.31. The lowest BCUT2D eigenvalue weighted by molar-refractivity contribution is -0.141. The van der Waals surface area contributed by atoms with Gasteiger partial charge in [-0.25, -0.2) is 22.8 Å². The number of hydrogen-bond acceptors (Lipinski definition) is 5. The largest absolute Gasteiger partial charge is 0.510 e. The maximum Gasteiger partial charge on any atom is 0.510 e. The van der Waals surface area contributed by atoms with Crippen LogP contribution in [-0.4, -0.2) is 36.6 Å². The van der Waals surface area contributed by atoms with Crippen LogP contribution < -0.4 is 0 Å². The zero-order valence-corrected chi connectivity index (χ0v) is 17.4. The molecule has 4 aliphatic rings. The first-order valence-corrected chi connectivity index (χ1v) is 10.2. The van der Waals surface area contributed by atoms with Gasteiger partial charge in [-0.2, -0.15) is 0 Å². The molecular formula is C24H22N2O5. The molecule has 0 heterocycles. The highest BCUT2D eigenvalue weighted by molar-refractivity contribution is 6.03. The van der Waals surface area contributed by atoms with E-state index in [1.54, 1.807) is 0 Å². The number of ether oxygens (including phenoxy) is 2. The van der Waals surface area contributed by atoms with Gasteiger partial charge < -0.3 is 9.47 Å². The molecule has 0 saturated heterocycles. The molecule has 2 bridgehead atoms. The third-order valence-electron chi connectivity index (χ3n) is 6.58. The van der Waals surface area contributed by atoms with E-state index in [1.165, 1.54) is 13.8 Å². The molecule has 0 aromatic rings. The van der Waals surface area contributed by atoms with Crippen molar-refractivity contribution < 1.29 is 23.9 Å². The zero-order valence-electron chi connectivity index (χ0n) is 17.4. The van der Waals surface area contributed by atoms with Crippen molar-refractivity contribution in [2.75, 3.05) is 13.2 Å². The Balaban J connectivity index is 1.94. The number of allylic oxidation sites excluding steroid dienone is 4. The molecule has 0 fully saturated rings. The predicted molar refractivity (Wildman–Crippen MR) is 110 cm³/mol. The summed E-state index contributed by atoms with van der Waals surface area (Å²) in [5, 5.41) is 0. The van der Waals surface area contributed by atoms with Gasteiger partial charge in [0.15, 0.2) is 5.78 Å². The Morgan fingerprint density at radius 3 is 2.42 bits per heavy atom. The topological polar surface area (TPSA) is 78.4 Å². The summed E-state index contributed by atoms with van der Waals surface area (Å²) in [7, 11) is 0. The molecule has 0 aromatic carbocycles. The van der Waals surface area contributed by atoms with E-state index in [1.807, 2.05) is 6.08 Å². The molecule has 0 N–H and O–H groups in total. The second-order valence-electron chi connectivity index (χ2n) is 8.39. The summed E-state index contributed by atoms with van der Waals surface area (Å²) in [4.78, 5) is 43.5. The number of carbonyl (C=O) groups excluding carboxylic acids is 3. The summed E-state index contributed by atoms with van der Waals surface area (Å²) >= 11 is 0. The van der Waals surface area contributed by atoms with Gasteiger partial charge in [0, 0.05) is 31.8 Å². The summed E-state index contributed by atoms with van der Waals surface area (Å²) in [6.07, 6.45) is 7.24. The lowest BCUT2D eigenvalue weighted by atomic mass is 9.70. The molecule has 0 aromatic heterocycles. The van der Waals surface area contributed by atoms with Crippen molar-refractivity contribution >= 4 is 17.7 Å². The van der Waals surface area contributed by atoms with E-state index in [0.29, 0.717) is 11.1 Å². The Labute approximate surface area is 180 Å². The van der Waals surface area contributed by atoms with Gasteiger partial charge in [0.05, 0.1) is 0 Å². The third-order valence-corrected chi connectivity index (χ3v) is 6.58. The quantitative estimate of drug-likeness (QED) is 0.397. The van der Waals surface area contributed by atoms with Crippen molar-refractivity contribution in [2.45, 2.75) is 38.8 Å². The molecule has 31 heavy (non-hydrogen) atoms. The Kier molecular flexibility index (Phi) is 5.15. The van der Waals surface area contributed by atoms with E-state index in [-0.39, 0.29) is 49.6 Å². The fourth-order valence-corrected chi connectivity index (χ4v) is 5.23. The second kappa shape index (κ2) is 7.67. The summed E-state index contributed by atoms with van der Waals surface area (Å²) < 4.78 is 10.5. The van der Waals surface area contributed by atoms with Crippen LogP contribution in [0.15, 0.2) is 46.1 Å². The van der Waals surface area contributed by atoms with Crippen molar-refractivity contribution in [2.24, 2.45) is 17.8 Å². The minimum atomic E-state index is -1.47. The van der Waals surface area contributed by atoms with Gasteiger partial charge >= 0.3 is 17.6 Å². The molecule has 0 saturated carbocycles. The molecule has 7 nitrogen and oxygen atoms in total. The Hall–Kier alpha value is -3.45. The van der Waals surface area contributed by atoms with E-state index in [2.05, 4.69) is 21.8 Å². The van der Waals surface area contributed by atoms with Crippen LogP contribution in [0.5, 0.6) is 0 Å². The molecular weight excluding hydrogens is 396 g/mol. The van der Waals surface area contributed by atoms with Gasteiger partial charge in [-0.3, -0.25) is 14.4 Å². The van der Waals surface area contributed by atoms with Crippen LogP contribution in [0.2, 0.25) is 0 Å². The number of esters is 2. The standard InChI is InChI=1S/C24H22N2O5/c1-13(27)30-11-19-18-10-24(25-3,26-4)21-8-15-5-6-16(7-15)23(21)20(12-31-14(2)28)17(18)9-22(19)29/h5-6,8,15-16,23H,7,9-12H2,1-2H3/t15?,16?,23-/m1/s1. The van der Waals surface area contributed by atoms with E-state index in [4.69, 9.17) is 22.6 Å². The molecule has 4 aliphatic carbocycles. The molecule has 3 atom stereocenters. The zero-order chi connectivity index (χ0) is 22.3. The summed E-state index contributed by atoms with van der Waals surface area (Å²) in [6, 6.07) is 0. The SMILES string of the molecule is [C-]#[N+]C1([N+]#[C-])CC2=C(COC(C)=O)C(=O)CC2=C(COC(C)=O)[C@@H]2C1=CC1C=CC2C1. The van der Waals surface area contributed by atoms with Gasteiger partial charge in [0.25, 0.3) is 0 Å². The maximum absolute atomic E-state index is 12.9. The molecule has 0 amide bonds. The van der Waals surface area contributed by atoms with Gasteiger partial charge in [-0.15, -0.1) is 0 Å². The molecule has 4 rings (SSSR count). The normalized spacial score (nSPS) is 27.5. The Bertz CT molecular complexity index is 1080. The van der Waals surface area contributed by atoms with Crippen LogP contribution in [0.1, 0.15) is 33.1 Å². The second-order valence-corrected chi connectivity index (χ2v) is 8.39. The highest BCUT2D eigenvalue weighted by atomic mass is 16.5. The van der Waals surface area contributed by atoms with E-state index < -0.39 is 17.6 Å². The van der Waals surface area contributed by atoms with Crippen LogP contribution in [0.3, 0.4) is 0 Å². The first kappa shape index (κ1) is 20.8. The monoisotopic (exact) mass is 418 g/mol. The number of ketones is 1. The summed E-state index contributed by atoms with van der Waals surface area (Å²) in [5.41, 5.74) is 1.71. The van der Waals surface area contributed by atoms with Crippen molar-refractivity contribution in [1.82, 2.24) is 0 Å². The molecule has 7 heteroatoms. The fraction of sp³-hybridized carbons (Fsp3) is 0.458. The van der Waals surface area contributed by atoms with Crippen molar-refractivity contribution in [3.05, 3.63) is 68.9 Å². The number of fused-ring (bicyclic) bond motifs is 5. The van der Waals surface area contributed by atoms with Crippen molar-refractivity contribution in [3.63, 3.8) is 0 Å². The minimum Gasteiger partial charge on any atom is -0.461 e. The molecule has 158 valence electrons. The molecule has 0 spiro atoms. The van der Waals surface area contributed by atoms with E-state index in [0.717, 1.165) is 23.1 Å². The van der Waals surface area contributed by atoms with Crippen LogP contribution in [-0.2, 0) is 23.9 Å². The summed E-state index contributed by atoms with van der Waals surface area (Å²) in [6.45, 7) is 18.3. The number of carbonyl (C=O) groups is 3. The van der Waals surface area contributed by atoms with Crippen molar-refractivity contribution in [1.29, 1.82) is 0 Å². The number of Topliss-reactive ketones (excluding diaryl/α,β-unsaturated/α-hetero) is 1. The highest BCUT2D eigenvalue weighted by Gasteiger charge is 2.60. The van der Waals surface area contributed by atoms with Gasteiger partial charge in [0.1, 0.15) is 25.2 Å². The summed E-state index contributed by atoms with van der Waals surface area (Å²) in [5.74, 6) is -1.14. The number of rotatable bonds is 4. The van der Waals surface area contributed by atoms with Gasteiger partial charge in [-0.1, -0.05) is 18.2 Å². The lowest BCUT2D eigenvalue weighted by Crippen LogP contribution is -2.34. The van der Waals surface area contributed by atoms with E-state index in [9.17, 15) is 14.4 Å². The van der Waals surface area contributed by atoms with Crippen LogP contribution >= 0.6 is 0 Å². The first-order valence-electron chi connectivity index (χ1n) is 10.2. The molecule has 2 unspecified atom stereocenters. The molecule has 0 aliphatic heterocycles. The Morgan fingerprint density at radius 2 is 1.77 bits per heavy atom. The predicted octanol–water partition coefficient (Wildman–Crippen LogP) is 3.37. The van der Waals surface area contributed by atoms with Crippen molar-refractivity contribution in [3.8, 4) is 0 Å². The average molecular weight is 418 g/mol. The third kappa shape index (κ3) is 3.41. The number of nitrogens with zero attached hydrogens (tertiary/aromatic N) is 2. The van der Waals surface area contributed by atoms with Gasteiger partial charge in [-0.05, 0) is 35.0 Å². The van der Waals surface area contributed by atoms with Crippen LogP contribution in [0.25, 0.3) is 9.69 Å². The first-order chi connectivity index (χ1) is 14.8. The number of hydrogen-bond donors (Lipinski definition) is 0. The fourth-order valence-electron chi connectivity index (χ4n) is 5.23. The Morgan fingerprint density at radius 1 is 1.10 bits per heavy atom. The smallest absolute Gasteiger partial charge is 0.461 e. The van der Waals surface area contributed by atoms with Gasteiger partial charge in [0.2, 0.25) is 0 Å². The maximum atomic E-state index is 12.9. The molecule has 0 radical (unpaired) electrons. The van der Waals surface area contributed by atoms with Crippen LogP contribution in [0, 0.1) is 30.9 Å². The van der Waals surface area contributed by atoms with Crippen LogP contribution in [0.4, 0.5) is 0 Å². The van der Waals surface area contributed by atoms with E-state index >= 15 is 0 Å². The minimum absolute atomic E-state index is 0.00534. The average Bonchev–Trinajstić information content (AvgIpc) is 3.22. The highest BCUT2D eigenvalue weighted by Crippen LogP contribution is 2.55.